The molecule has 6 heterocycles. The minimum atomic E-state index is -3.47. The fourth-order valence-corrected chi connectivity index (χ4v) is 5.59. The molecule has 6 aromatic rings. The van der Waals surface area contributed by atoms with Crippen molar-refractivity contribution in [2.45, 2.75) is 52.4 Å². The predicted octanol–water partition coefficient (Wildman–Crippen LogP) is 4.30. The van der Waals surface area contributed by atoms with E-state index in [0.717, 1.165) is 46.0 Å². The molecule has 6 aromatic heterocycles. The molecule has 292 valence electrons. The number of nitrogens with zero attached hydrogens (tertiary/aromatic N) is 14. The SMILES string of the molecule is CS(=O)(=O)OCc1ccc(CN(Cc2ccccn2)Cc2ccccn2)nc1.[N-]=[N+]=NCc1ccc(CN(Cc2ccccn2)Cc2ccccn2)nc1.[N-]=[N+]=[N-].[Na+]. The van der Waals surface area contributed by atoms with Gasteiger partial charge in [-0.05, 0) is 77.3 Å². The molecule has 0 bridgehead atoms. The molecule has 0 aromatic carbocycles. The van der Waals surface area contributed by atoms with Crippen molar-refractivity contribution in [1.82, 2.24) is 39.7 Å². The topological polar surface area (TPSA) is 235 Å². The van der Waals surface area contributed by atoms with Gasteiger partial charge in [0, 0.05) is 81.4 Å². The number of rotatable bonds is 17. The van der Waals surface area contributed by atoms with Crippen molar-refractivity contribution < 1.29 is 42.2 Å². The van der Waals surface area contributed by atoms with Crippen LogP contribution < -0.4 is 29.6 Å². The Balaban J connectivity index is 0.000000287. The molecule has 0 aliphatic rings. The average Bonchev–Trinajstić information content (AvgIpc) is 3.22. The summed E-state index contributed by atoms with van der Waals surface area (Å²) in [6.07, 6.45) is 11.6. The van der Waals surface area contributed by atoms with Gasteiger partial charge in [0.15, 0.2) is 0 Å². The number of hydrogen-bond acceptors (Lipinski definition) is 12. The van der Waals surface area contributed by atoms with Crippen LogP contribution in [0.1, 0.15) is 45.3 Å². The third-order valence-electron chi connectivity index (χ3n) is 7.75. The van der Waals surface area contributed by atoms with Crippen molar-refractivity contribution in [3.8, 4) is 0 Å². The van der Waals surface area contributed by atoms with E-state index in [1.165, 1.54) is 4.91 Å². The number of aromatic nitrogens is 6. The third-order valence-corrected chi connectivity index (χ3v) is 8.29. The van der Waals surface area contributed by atoms with E-state index in [9.17, 15) is 8.42 Å². The molecule has 0 radical (unpaired) electrons. The zero-order chi connectivity index (χ0) is 40.6. The summed E-state index contributed by atoms with van der Waals surface area (Å²) < 4.78 is 27.0. The molecule has 0 spiro atoms. The van der Waals surface area contributed by atoms with Crippen LogP contribution in [0.4, 0.5) is 0 Å². The van der Waals surface area contributed by atoms with Gasteiger partial charge in [0.25, 0.3) is 10.1 Å². The molecular formula is C39H41N14NaO3S. The number of azide groups is 1. The van der Waals surface area contributed by atoms with Gasteiger partial charge < -0.3 is 11.1 Å². The van der Waals surface area contributed by atoms with Crippen LogP contribution in [0, 0.1) is 0 Å². The van der Waals surface area contributed by atoms with Crippen LogP contribution in [0.3, 0.4) is 0 Å². The van der Waals surface area contributed by atoms with E-state index in [1.807, 2.05) is 97.1 Å². The average molecular weight is 809 g/mol. The summed E-state index contributed by atoms with van der Waals surface area (Å²) in [7, 11) is -3.47. The van der Waals surface area contributed by atoms with E-state index in [1.54, 1.807) is 37.2 Å². The van der Waals surface area contributed by atoms with Crippen molar-refractivity contribution >= 4 is 10.1 Å². The van der Waals surface area contributed by atoms with E-state index in [4.69, 9.17) is 20.8 Å². The van der Waals surface area contributed by atoms with Crippen molar-refractivity contribution in [3.63, 3.8) is 0 Å². The Bertz CT molecular complexity index is 2150. The second-order valence-corrected chi connectivity index (χ2v) is 14.0. The van der Waals surface area contributed by atoms with Gasteiger partial charge in [-0.2, -0.15) is 8.42 Å². The monoisotopic (exact) mass is 808 g/mol. The van der Waals surface area contributed by atoms with Gasteiger partial charge in [-0.25, -0.2) is 0 Å². The van der Waals surface area contributed by atoms with Crippen molar-refractivity contribution in [2.75, 3.05) is 6.26 Å². The first-order chi connectivity index (χ1) is 27.7. The van der Waals surface area contributed by atoms with Gasteiger partial charge in [-0.1, -0.05) is 41.5 Å². The standard InChI is InChI=1S/C20H22N4O3S.C19H19N7.N3.Na/c1-28(25,26)27-16-17-8-9-20(23-12-17)15-24(13-18-6-2-4-10-21-18)14-19-7-3-5-11-22-19;20-25-24-12-16-7-8-19(23-11-16)15-26(13-17-5-1-3-9-21-17)14-18-6-2-4-10-22-18;1-3-2;/h2-12H,13-16H2,1H3;1-11H,12-15H2;;/q;;-1;+1. The smallest absolute Gasteiger partial charge is 0.373 e. The molecule has 58 heavy (non-hydrogen) atoms. The van der Waals surface area contributed by atoms with Crippen molar-refractivity contribution in [2.24, 2.45) is 5.11 Å². The summed E-state index contributed by atoms with van der Waals surface area (Å²) in [5.41, 5.74) is 29.3. The normalized spacial score (nSPS) is 10.5. The fourth-order valence-electron chi connectivity index (χ4n) is 5.24. The second kappa shape index (κ2) is 26.3. The Hall–Kier alpha value is -5.65. The van der Waals surface area contributed by atoms with E-state index in [2.05, 4.69) is 49.7 Å². The zero-order valence-electron chi connectivity index (χ0n) is 32.3. The van der Waals surface area contributed by atoms with E-state index in [0.29, 0.717) is 51.4 Å². The van der Waals surface area contributed by atoms with Gasteiger partial charge in [0.2, 0.25) is 0 Å². The van der Waals surface area contributed by atoms with E-state index < -0.39 is 10.1 Å². The molecule has 0 saturated carbocycles. The minimum Gasteiger partial charge on any atom is -0.373 e. The summed E-state index contributed by atoms with van der Waals surface area (Å²) in [6.45, 7) is 4.33. The van der Waals surface area contributed by atoms with Crippen molar-refractivity contribution in [1.29, 1.82) is 0 Å². The molecule has 0 aliphatic carbocycles. The van der Waals surface area contributed by atoms with E-state index in [-0.39, 0.29) is 36.2 Å². The number of hydrogen-bond donors (Lipinski definition) is 0. The van der Waals surface area contributed by atoms with Gasteiger partial charge in [-0.15, -0.1) is 0 Å². The molecular weight excluding hydrogens is 768 g/mol. The van der Waals surface area contributed by atoms with Crippen LogP contribution in [-0.4, -0.2) is 54.4 Å². The molecule has 0 atom stereocenters. The molecule has 0 fully saturated rings. The van der Waals surface area contributed by atoms with Crippen LogP contribution in [0.15, 0.2) is 139 Å². The molecule has 19 heteroatoms. The summed E-state index contributed by atoms with van der Waals surface area (Å²) in [6, 6.07) is 31.2. The second-order valence-electron chi connectivity index (χ2n) is 12.3. The van der Waals surface area contributed by atoms with Gasteiger partial charge in [0.05, 0.1) is 53.6 Å². The van der Waals surface area contributed by atoms with Gasteiger partial charge >= 0.3 is 29.6 Å². The first kappa shape index (κ1) is 46.7. The third kappa shape index (κ3) is 19.0. The predicted molar refractivity (Wildman–Crippen MR) is 214 cm³/mol. The maximum Gasteiger partial charge on any atom is 1.00 e. The van der Waals surface area contributed by atoms with Crippen molar-refractivity contribution in [3.05, 3.63) is 206 Å². The van der Waals surface area contributed by atoms with Crippen LogP contribution >= 0.6 is 0 Å². The summed E-state index contributed by atoms with van der Waals surface area (Å²) in [5, 5.41) is 3.56. The number of pyridine rings is 6. The summed E-state index contributed by atoms with van der Waals surface area (Å²) >= 11 is 0. The van der Waals surface area contributed by atoms with Crippen LogP contribution in [0.5, 0.6) is 0 Å². The Labute approximate surface area is 359 Å². The summed E-state index contributed by atoms with van der Waals surface area (Å²) in [4.78, 5) is 35.3. The molecule has 0 amide bonds. The molecule has 0 unspecified atom stereocenters. The quantitative estimate of drug-likeness (QED) is 0.0414. The minimum absolute atomic E-state index is 0. The first-order valence-corrected chi connectivity index (χ1v) is 19.3. The van der Waals surface area contributed by atoms with Crippen LogP contribution in [0.25, 0.3) is 26.4 Å². The molecule has 0 N–H and O–H groups in total. The summed E-state index contributed by atoms with van der Waals surface area (Å²) in [5.74, 6) is 0. The maximum absolute atomic E-state index is 11.1. The molecule has 6 rings (SSSR count). The maximum atomic E-state index is 11.1. The Morgan fingerprint density at radius 3 is 1.17 bits per heavy atom. The molecule has 0 saturated heterocycles. The van der Waals surface area contributed by atoms with Crippen LogP contribution in [0.2, 0.25) is 0 Å². The first-order valence-electron chi connectivity index (χ1n) is 17.5. The van der Waals surface area contributed by atoms with Gasteiger partial charge in [0.1, 0.15) is 0 Å². The Kier molecular flexibility index (Phi) is 21.2. The fraction of sp³-hybridized carbons (Fsp3) is 0.231. The largest absolute Gasteiger partial charge is 1.00 e. The van der Waals surface area contributed by atoms with Crippen LogP contribution in [-0.2, 0) is 66.7 Å². The van der Waals surface area contributed by atoms with Gasteiger partial charge in [-0.3, -0.25) is 48.8 Å². The van der Waals surface area contributed by atoms with E-state index >= 15 is 0 Å². The molecule has 17 nitrogen and oxygen atoms in total. The molecule has 0 aliphatic heterocycles. The zero-order valence-corrected chi connectivity index (χ0v) is 35.1. The Morgan fingerprint density at radius 2 is 0.897 bits per heavy atom. The Morgan fingerprint density at radius 1 is 0.552 bits per heavy atom.